The minimum absolute atomic E-state index is 0.258. The Kier molecular flexibility index (Phi) is 6.98. The molecule has 1 aliphatic heterocycles. The van der Waals surface area contributed by atoms with Crippen molar-refractivity contribution in [2.24, 2.45) is 0 Å². The lowest BCUT2D eigenvalue weighted by molar-refractivity contribution is -0.678. The lowest BCUT2D eigenvalue weighted by Crippen LogP contribution is -2.36. The summed E-state index contributed by atoms with van der Waals surface area (Å²) in [6.07, 6.45) is 6.32. The van der Waals surface area contributed by atoms with E-state index in [1.165, 1.54) is 11.8 Å². The van der Waals surface area contributed by atoms with E-state index in [2.05, 4.69) is 6.07 Å². The molecule has 12 heteroatoms. The summed E-state index contributed by atoms with van der Waals surface area (Å²) >= 11 is 1.38. The maximum atomic E-state index is 11.7. The summed E-state index contributed by atoms with van der Waals surface area (Å²) in [5.74, 6) is -0.902. The lowest BCUT2D eigenvalue weighted by atomic mass is 10.2. The molecule has 2 N–H and O–H groups in total. The van der Waals surface area contributed by atoms with Crippen LogP contribution in [0.4, 0.5) is 5.69 Å². The van der Waals surface area contributed by atoms with Crippen molar-refractivity contribution in [2.75, 3.05) is 17.2 Å². The standard InChI is InChI=1S/C26H22N4O6S2/c27-16-18-5-8-23-21(13-18)30(17-26(31)32)25(37-23)15-24-29(11-3-4-12-38(33,34)35)20-14-19(6-7-22(20)36-24)28-9-1-2-10-28/h1-2,5-10,13-15H,3-4,11-12,17H2,(H-,31,32,33,34,35)/p+1. The van der Waals surface area contributed by atoms with E-state index in [0.29, 0.717) is 40.7 Å². The molecule has 0 saturated carbocycles. The van der Waals surface area contributed by atoms with Crippen molar-refractivity contribution in [3.63, 3.8) is 0 Å². The molecule has 0 unspecified atom stereocenters. The van der Waals surface area contributed by atoms with Gasteiger partial charge in [0.2, 0.25) is 5.58 Å². The van der Waals surface area contributed by atoms with Gasteiger partial charge in [0.05, 0.1) is 39.9 Å². The first-order valence-corrected chi connectivity index (χ1v) is 14.1. The highest BCUT2D eigenvalue weighted by atomic mass is 32.2. The molecule has 0 aliphatic carbocycles. The topological polar surface area (TPSA) is 141 Å². The van der Waals surface area contributed by atoms with E-state index in [9.17, 15) is 23.6 Å². The Balaban J connectivity index is 1.57. The van der Waals surface area contributed by atoms with Crippen LogP contribution in [0.5, 0.6) is 0 Å². The highest BCUT2D eigenvalue weighted by molar-refractivity contribution is 8.03. The number of hydrogen-bond acceptors (Lipinski definition) is 7. The molecular formula is C26H23N4O6S2+. The van der Waals surface area contributed by atoms with Crippen LogP contribution in [0.15, 0.2) is 75.3 Å². The molecule has 0 fully saturated rings. The largest absolute Gasteiger partial charge is 0.480 e. The van der Waals surface area contributed by atoms with E-state index in [4.69, 9.17) is 8.97 Å². The second-order valence-electron chi connectivity index (χ2n) is 8.69. The third-order valence-corrected chi connectivity index (χ3v) is 7.97. The molecule has 2 aromatic carbocycles. The molecule has 38 heavy (non-hydrogen) atoms. The highest BCUT2D eigenvalue weighted by Gasteiger charge is 2.30. The van der Waals surface area contributed by atoms with Crippen LogP contribution in [0.3, 0.4) is 0 Å². The molecule has 0 saturated heterocycles. The second-order valence-corrected chi connectivity index (χ2v) is 11.3. The van der Waals surface area contributed by atoms with Crippen molar-refractivity contribution in [3.8, 4) is 11.8 Å². The maximum absolute atomic E-state index is 11.7. The van der Waals surface area contributed by atoms with E-state index < -0.39 is 16.1 Å². The number of rotatable bonds is 9. The SMILES string of the molecule is N#Cc1ccc2c(c1)N(CC(=O)O)C(=Cc1oc3ccc(-n4cccc4)cc3[n+]1CCCCS(=O)(=O)O)S2. The number of carboxylic acid groups (broad SMARTS) is 1. The van der Waals surface area contributed by atoms with Gasteiger partial charge in [-0.2, -0.15) is 18.2 Å². The van der Waals surface area contributed by atoms with Crippen molar-refractivity contribution < 1.29 is 31.9 Å². The molecule has 5 rings (SSSR count). The number of hydrogen-bond donors (Lipinski definition) is 2. The third-order valence-electron chi connectivity index (χ3n) is 6.05. The highest BCUT2D eigenvalue weighted by Crippen LogP contribution is 2.46. The monoisotopic (exact) mass is 551 g/mol. The number of thioether (sulfide) groups is 1. The number of unbranched alkanes of at least 4 members (excludes halogenated alkanes) is 1. The van der Waals surface area contributed by atoms with Crippen LogP contribution in [0.1, 0.15) is 24.3 Å². The Morgan fingerprint density at radius 2 is 1.95 bits per heavy atom. The van der Waals surface area contributed by atoms with Gasteiger partial charge < -0.3 is 19.0 Å². The van der Waals surface area contributed by atoms with Gasteiger partial charge in [0.25, 0.3) is 15.6 Å². The number of benzene rings is 2. The smallest absolute Gasteiger partial charge is 0.376 e. The molecule has 0 atom stereocenters. The molecule has 0 spiro atoms. The molecule has 4 aromatic rings. The summed E-state index contributed by atoms with van der Waals surface area (Å²) in [7, 11) is -4.06. The van der Waals surface area contributed by atoms with E-state index in [1.807, 2.05) is 51.9 Å². The van der Waals surface area contributed by atoms with Crippen molar-refractivity contribution in [1.82, 2.24) is 4.57 Å². The van der Waals surface area contributed by atoms with Gasteiger partial charge in [-0.1, -0.05) is 11.8 Å². The predicted molar refractivity (Wildman–Crippen MR) is 141 cm³/mol. The minimum Gasteiger partial charge on any atom is -0.480 e. The number of oxazole rings is 1. The number of aromatic nitrogens is 2. The Morgan fingerprint density at radius 3 is 2.66 bits per heavy atom. The van der Waals surface area contributed by atoms with Crippen LogP contribution in [0, 0.1) is 11.3 Å². The van der Waals surface area contributed by atoms with Gasteiger partial charge in [0.1, 0.15) is 6.54 Å². The summed E-state index contributed by atoms with van der Waals surface area (Å²) in [6, 6.07) is 16.8. The fourth-order valence-corrected chi connectivity index (χ4v) is 5.97. The summed E-state index contributed by atoms with van der Waals surface area (Å²) in [5.41, 5.74) is 3.37. The molecule has 0 radical (unpaired) electrons. The number of nitrogens with zero attached hydrogens (tertiary/aromatic N) is 4. The van der Waals surface area contributed by atoms with Gasteiger partial charge in [-0.25, -0.2) is 0 Å². The van der Waals surface area contributed by atoms with Crippen LogP contribution < -0.4 is 9.47 Å². The van der Waals surface area contributed by atoms with Crippen LogP contribution >= 0.6 is 11.8 Å². The maximum Gasteiger partial charge on any atom is 0.376 e. The van der Waals surface area contributed by atoms with Crippen LogP contribution in [-0.4, -0.2) is 40.9 Å². The Bertz CT molecular complexity index is 1700. The number of carbonyl (C=O) groups is 1. The summed E-state index contributed by atoms with van der Waals surface area (Å²) in [5, 5.41) is 19.5. The number of aryl methyl sites for hydroxylation is 1. The number of carboxylic acids is 1. The minimum atomic E-state index is -4.06. The average Bonchev–Trinajstić information content (AvgIpc) is 3.59. The fourth-order valence-electron chi connectivity index (χ4n) is 4.33. The first kappa shape index (κ1) is 25.6. The predicted octanol–water partition coefficient (Wildman–Crippen LogP) is 4.05. The third kappa shape index (κ3) is 5.45. The molecule has 3 heterocycles. The summed E-state index contributed by atoms with van der Waals surface area (Å²) < 4.78 is 41.6. The quantitative estimate of drug-likeness (QED) is 0.179. The van der Waals surface area contributed by atoms with E-state index in [1.54, 1.807) is 29.2 Å². The molecule has 10 nitrogen and oxygen atoms in total. The van der Waals surface area contributed by atoms with Crippen molar-refractivity contribution in [2.45, 2.75) is 24.3 Å². The number of aliphatic carboxylic acids is 1. The van der Waals surface area contributed by atoms with E-state index >= 15 is 0 Å². The van der Waals surface area contributed by atoms with Crippen molar-refractivity contribution in [1.29, 1.82) is 5.26 Å². The fraction of sp³-hybridized carbons (Fsp3) is 0.192. The Labute approximate surface area is 222 Å². The van der Waals surface area contributed by atoms with Crippen LogP contribution in [0.25, 0.3) is 22.9 Å². The molecular weight excluding hydrogens is 528 g/mol. The van der Waals surface area contributed by atoms with Gasteiger partial charge in [0, 0.05) is 29.8 Å². The van der Waals surface area contributed by atoms with Gasteiger partial charge in [-0.15, -0.1) is 0 Å². The zero-order valence-corrected chi connectivity index (χ0v) is 21.7. The first-order chi connectivity index (χ1) is 18.2. The summed E-state index contributed by atoms with van der Waals surface area (Å²) in [6.45, 7) is 0.110. The zero-order chi connectivity index (χ0) is 26.9. The van der Waals surface area contributed by atoms with E-state index in [-0.39, 0.29) is 18.7 Å². The van der Waals surface area contributed by atoms with Crippen LogP contribution in [0.2, 0.25) is 0 Å². The Morgan fingerprint density at radius 1 is 1.16 bits per heavy atom. The zero-order valence-electron chi connectivity index (χ0n) is 20.0. The summed E-state index contributed by atoms with van der Waals surface area (Å²) in [4.78, 5) is 14.1. The van der Waals surface area contributed by atoms with Gasteiger partial charge in [-0.05, 0) is 48.9 Å². The molecule has 1 aliphatic rings. The Hall–Kier alpha value is -4.05. The average molecular weight is 552 g/mol. The lowest BCUT2D eigenvalue weighted by Gasteiger charge is -2.17. The van der Waals surface area contributed by atoms with Gasteiger partial charge in [-0.3, -0.25) is 9.35 Å². The number of fused-ring (bicyclic) bond motifs is 2. The van der Waals surface area contributed by atoms with Gasteiger partial charge in [0.15, 0.2) is 6.54 Å². The second kappa shape index (κ2) is 10.4. The number of anilines is 1. The molecule has 0 amide bonds. The van der Waals surface area contributed by atoms with Crippen LogP contribution in [-0.2, 0) is 21.5 Å². The molecule has 194 valence electrons. The van der Waals surface area contributed by atoms with E-state index in [0.717, 1.165) is 16.1 Å². The first-order valence-electron chi connectivity index (χ1n) is 11.7. The molecule has 2 aromatic heterocycles. The number of nitriles is 1. The molecule has 0 bridgehead atoms. The van der Waals surface area contributed by atoms with Gasteiger partial charge >= 0.3 is 11.9 Å². The van der Waals surface area contributed by atoms with Crippen molar-refractivity contribution in [3.05, 3.63) is 77.4 Å². The normalized spacial score (nSPS) is 14.2. The van der Waals surface area contributed by atoms with Crippen molar-refractivity contribution >= 4 is 50.7 Å².